The van der Waals surface area contributed by atoms with Gasteiger partial charge in [0.2, 0.25) is 0 Å². The quantitative estimate of drug-likeness (QED) is 0.554. The Morgan fingerprint density at radius 3 is 2.67 bits per heavy atom. The zero-order valence-corrected chi connectivity index (χ0v) is 14.6. The van der Waals surface area contributed by atoms with Crippen LogP contribution in [0, 0.1) is 0 Å². The van der Waals surface area contributed by atoms with E-state index in [1.54, 1.807) is 30.3 Å². The lowest BCUT2D eigenvalue weighted by atomic mass is 10.1. The molecule has 142 valence electrons. The summed E-state index contributed by atoms with van der Waals surface area (Å²) in [6.45, 7) is -1.94. The summed E-state index contributed by atoms with van der Waals surface area (Å²) >= 11 is 0. The summed E-state index contributed by atoms with van der Waals surface area (Å²) < 4.78 is 46.0. The standard InChI is InChI=1S/C20H18F2O5/c1-24-17-5-2-4-13(19(17)27-20(21)22)6-8-15(23)14-7-9-16-18(12-14)26-11-3-10-25-16/h2,4-9,12,20H,3,10-11H2,1H3. The lowest BCUT2D eigenvalue weighted by molar-refractivity contribution is -0.0513. The van der Waals surface area contributed by atoms with Gasteiger partial charge in [0.25, 0.3) is 0 Å². The van der Waals surface area contributed by atoms with E-state index in [0.717, 1.165) is 6.42 Å². The van der Waals surface area contributed by atoms with Crippen molar-refractivity contribution in [3.8, 4) is 23.0 Å². The van der Waals surface area contributed by atoms with Gasteiger partial charge >= 0.3 is 6.61 Å². The molecule has 3 rings (SSSR count). The predicted molar refractivity (Wildman–Crippen MR) is 95.0 cm³/mol. The van der Waals surface area contributed by atoms with Gasteiger partial charge in [-0.15, -0.1) is 0 Å². The zero-order chi connectivity index (χ0) is 19.2. The van der Waals surface area contributed by atoms with Gasteiger partial charge in [0, 0.05) is 17.5 Å². The summed E-state index contributed by atoms with van der Waals surface area (Å²) in [5.41, 5.74) is 0.701. The molecule has 0 unspecified atom stereocenters. The maximum Gasteiger partial charge on any atom is 0.387 e. The Bertz CT molecular complexity index is 848. The summed E-state index contributed by atoms with van der Waals surface area (Å²) in [5, 5.41) is 0. The first-order chi connectivity index (χ1) is 13.1. The highest BCUT2D eigenvalue weighted by molar-refractivity contribution is 6.07. The zero-order valence-electron chi connectivity index (χ0n) is 14.6. The van der Waals surface area contributed by atoms with Gasteiger partial charge in [-0.2, -0.15) is 8.78 Å². The second-order valence-electron chi connectivity index (χ2n) is 5.67. The van der Waals surface area contributed by atoms with E-state index >= 15 is 0 Å². The average molecular weight is 376 g/mol. The van der Waals surface area contributed by atoms with Crippen LogP contribution < -0.4 is 18.9 Å². The predicted octanol–water partition coefficient (Wildman–Crippen LogP) is 4.35. The van der Waals surface area contributed by atoms with E-state index in [4.69, 9.17) is 14.2 Å². The molecule has 1 aliphatic heterocycles. The van der Waals surface area contributed by atoms with Gasteiger partial charge in [0.1, 0.15) is 0 Å². The third-order valence-electron chi connectivity index (χ3n) is 3.88. The Morgan fingerprint density at radius 2 is 1.93 bits per heavy atom. The van der Waals surface area contributed by atoms with E-state index in [9.17, 15) is 13.6 Å². The van der Waals surface area contributed by atoms with Gasteiger partial charge in [-0.1, -0.05) is 12.1 Å². The molecule has 0 aromatic heterocycles. The Kier molecular flexibility index (Phi) is 5.90. The van der Waals surface area contributed by atoms with Crippen molar-refractivity contribution in [2.45, 2.75) is 13.0 Å². The normalized spacial score (nSPS) is 13.5. The van der Waals surface area contributed by atoms with E-state index in [2.05, 4.69) is 4.74 Å². The van der Waals surface area contributed by atoms with Gasteiger partial charge in [-0.3, -0.25) is 4.79 Å². The average Bonchev–Trinajstić information content (AvgIpc) is 2.91. The van der Waals surface area contributed by atoms with Crippen LogP contribution in [0.1, 0.15) is 22.3 Å². The summed E-state index contributed by atoms with van der Waals surface area (Å²) in [5.74, 6) is 0.818. The monoisotopic (exact) mass is 376 g/mol. The molecule has 2 aromatic rings. The SMILES string of the molecule is COc1cccc(C=CC(=O)c2ccc3c(c2)OCCCO3)c1OC(F)F. The van der Waals surface area contributed by atoms with Crippen molar-refractivity contribution in [3.05, 3.63) is 53.6 Å². The van der Waals surface area contributed by atoms with Crippen LogP contribution in [0.15, 0.2) is 42.5 Å². The van der Waals surface area contributed by atoms with Crippen molar-refractivity contribution in [1.82, 2.24) is 0 Å². The van der Waals surface area contributed by atoms with Gasteiger partial charge in [-0.25, -0.2) is 0 Å². The molecule has 0 bridgehead atoms. The van der Waals surface area contributed by atoms with Crippen molar-refractivity contribution in [1.29, 1.82) is 0 Å². The number of para-hydroxylation sites is 1. The Hall–Kier alpha value is -3.09. The molecule has 5 nitrogen and oxygen atoms in total. The maximum atomic E-state index is 12.7. The third kappa shape index (κ3) is 4.55. The molecule has 7 heteroatoms. The van der Waals surface area contributed by atoms with Gasteiger partial charge in [0.05, 0.1) is 20.3 Å². The largest absolute Gasteiger partial charge is 0.493 e. The van der Waals surface area contributed by atoms with E-state index in [-0.39, 0.29) is 17.3 Å². The Balaban J connectivity index is 1.84. The van der Waals surface area contributed by atoms with Gasteiger partial charge in [0.15, 0.2) is 28.8 Å². The molecule has 0 amide bonds. The number of carbonyl (C=O) groups excluding carboxylic acids is 1. The number of hydrogen-bond donors (Lipinski definition) is 0. The highest BCUT2D eigenvalue weighted by atomic mass is 19.3. The molecule has 0 radical (unpaired) electrons. The molecule has 0 saturated carbocycles. The van der Waals surface area contributed by atoms with Crippen molar-refractivity contribution in [2.75, 3.05) is 20.3 Å². The highest BCUT2D eigenvalue weighted by Gasteiger charge is 2.15. The maximum absolute atomic E-state index is 12.7. The summed E-state index contributed by atoms with van der Waals surface area (Å²) in [7, 11) is 1.35. The van der Waals surface area contributed by atoms with Crippen molar-refractivity contribution in [3.63, 3.8) is 0 Å². The number of ether oxygens (including phenoxy) is 4. The number of carbonyl (C=O) groups is 1. The molecule has 0 N–H and O–H groups in total. The number of rotatable bonds is 6. The molecular weight excluding hydrogens is 358 g/mol. The van der Waals surface area contributed by atoms with E-state index < -0.39 is 6.61 Å². The number of methoxy groups -OCH3 is 1. The number of hydrogen-bond acceptors (Lipinski definition) is 5. The Labute approximate surface area is 155 Å². The first kappa shape index (κ1) is 18.7. The smallest absolute Gasteiger partial charge is 0.387 e. The second-order valence-corrected chi connectivity index (χ2v) is 5.67. The highest BCUT2D eigenvalue weighted by Crippen LogP contribution is 2.34. The van der Waals surface area contributed by atoms with Crippen molar-refractivity contribution < 1.29 is 32.5 Å². The first-order valence-electron chi connectivity index (χ1n) is 8.32. The van der Waals surface area contributed by atoms with Crippen LogP contribution >= 0.6 is 0 Å². The summed E-state index contributed by atoms with van der Waals surface area (Å²) in [6.07, 6.45) is 3.46. The number of allylic oxidation sites excluding steroid dienone is 1. The van der Waals surface area contributed by atoms with Crippen LogP contribution in [-0.2, 0) is 0 Å². The molecule has 1 heterocycles. The summed E-state index contributed by atoms with van der Waals surface area (Å²) in [6, 6.07) is 9.59. The van der Waals surface area contributed by atoms with Crippen molar-refractivity contribution >= 4 is 11.9 Å². The fourth-order valence-corrected chi connectivity index (χ4v) is 2.62. The van der Waals surface area contributed by atoms with Crippen LogP contribution in [-0.4, -0.2) is 32.7 Å². The molecule has 0 atom stereocenters. The lowest BCUT2D eigenvalue weighted by Gasteiger charge is -2.12. The number of alkyl halides is 2. The van der Waals surface area contributed by atoms with Crippen LogP contribution in [0.4, 0.5) is 8.78 Å². The fraction of sp³-hybridized carbons (Fsp3) is 0.250. The van der Waals surface area contributed by atoms with Gasteiger partial charge < -0.3 is 18.9 Å². The summed E-state index contributed by atoms with van der Waals surface area (Å²) in [4.78, 5) is 12.5. The molecule has 2 aromatic carbocycles. The molecule has 0 aliphatic carbocycles. The minimum absolute atomic E-state index is 0.127. The van der Waals surface area contributed by atoms with Gasteiger partial charge in [-0.05, 0) is 36.4 Å². The van der Waals surface area contributed by atoms with Crippen LogP contribution in [0.3, 0.4) is 0 Å². The molecule has 27 heavy (non-hydrogen) atoms. The molecule has 1 aliphatic rings. The molecule has 0 saturated heterocycles. The second kappa shape index (κ2) is 8.53. The fourth-order valence-electron chi connectivity index (χ4n) is 2.62. The topological polar surface area (TPSA) is 54.0 Å². The number of ketones is 1. The minimum Gasteiger partial charge on any atom is -0.493 e. The van der Waals surface area contributed by atoms with Crippen LogP contribution in [0.2, 0.25) is 0 Å². The lowest BCUT2D eigenvalue weighted by Crippen LogP contribution is -2.05. The van der Waals surface area contributed by atoms with E-state index in [0.29, 0.717) is 35.8 Å². The third-order valence-corrected chi connectivity index (χ3v) is 3.88. The molecular formula is C20H18F2O5. The number of fused-ring (bicyclic) bond motifs is 1. The molecule has 0 fully saturated rings. The van der Waals surface area contributed by atoms with E-state index in [1.807, 2.05) is 0 Å². The molecule has 0 spiro atoms. The number of halogens is 2. The van der Waals surface area contributed by atoms with E-state index in [1.165, 1.54) is 25.3 Å². The first-order valence-corrected chi connectivity index (χ1v) is 8.32. The number of benzene rings is 2. The van der Waals surface area contributed by atoms with Crippen LogP contribution in [0.25, 0.3) is 6.08 Å². The minimum atomic E-state index is -3.01. The Morgan fingerprint density at radius 1 is 1.15 bits per heavy atom. The van der Waals surface area contributed by atoms with Crippen molar-refractivity contribution in [2.24, 2.45) is 0 Å². The van der Waals surface area contributed by atoms with Crippen LogP contribution in [0.5, 0.6) is 23.0 Å².